The van der Waals surface area contributed by atoms with Gasteiger partial charge in [-0.1, -0.05) is 18.5 Å². The molecule has 4 nitrogen and oxygen atoms in total. The largest absolute Gasteiger partial charge is 0.456 e. The standard InChI is InChI=1S/C14H15ClN2O2/c1-3-9-4-5-13(19-9)14(18)17-12-7-10(15)11(16)6-8(12)2/h4-7H,3,16H2,1-2H3,(H,17,18). The van der Waals surface area contributed by atoms with Gasteiger partial charge in [-0.05, 0) is 36.8 Å². The van der Waals surface area contributed by atoms with E-state index in [0.717, 1.165) is 17.7 Å². The Morgan fingerprint density at radius 1 is 1.42 bits per heavy atom. The number of carbonyl (C=O) groups excluding carboxylic acids is 1. The predicted octanol–water partition coefficient (Wildman–Crippen LogP) is 3.64. The molecule has 0 saturated carbocycles. The van der Waals surface area contributed by atoms with Crippen molar-refractivity contribution in [3.05, 3.63) is 46.4 Å². The maximum Gasteiger partial charge on any atom is 0.291 e. The summed E-state index contributed by atoms with van der Waals surface area (Å²) in [5.74, 6) is 0.755. The van der Waals surface area contributed by atoms with Crippen LogP contribution in [0.1, 0.15) is 28.8 Å². The minimum absolute atomic E-state index is 0.282. The van der Waals surface area contributed by atoms with Crippen LogP contribution in [-0.2, 0) is 6.42 Å². The van der Waals surface area contributed by atoms with Crippen LogP contribution in [0.25, 0.3) is 0 Å². The minimum Gasteiger partial charge on any atom is -0.456 e. The lowest BCUT2D eigenvalue weighted by Crippen LogP contribution is -2.12. The van der Waals surface area contributed by atoms with E-state index in [4.69, 9.17) is 21.8 Å². The van der Waals surface area contributed by atoms with Crippen molar-refractivity contribution < 1.29 is 9.21 Å². The highest BCUT2D eigenvalue weighted by Gasteiger charge is 2.13. The number of hydrogen-bond acceptors (Lipinski definition) is 3. The highest BCUT2D eigenvalue weighted by Crippen LogP contribution is 2.27. The van der Waals surface area contributed by atoms with Crippen LogP contribution in [0, 0.1) is 6.92 Å². The zero-order valence-corrected chi connectivity index (χ0v) is 11.5. The van der Waals surface area contributed by atoms with Crippen molar-refractivity contribution in [3.8, 4) is 0 Å². The molecule has 0 radical (unpaired) electrons. The fourth-order valence-electron chi connectivity index (χ4n) is 1.71. The lowest BCUT2D eigenvalue weighted by molar-refractivity contribution is 0.0995. The van der Waals surface area contributed by atoms with Crippen molar-refractivity contribution in [2.45, 2.75) is 20.3 Å². The average Bonchev–Trinajstić information content (AvgIpc) is 2.84. The molecule has 3 N–H and O–H groups in total. The summed E-state index contributed by atoms with van der Waals surface area (Å²) in [6.07, 6.45) is 0.750. The second-order valence-corrected chi connectivity index (χ2v) is 4.67. The first-order chi connectivity index (χ1) is 9.01. The predicted molar refractivity (Wildman–Crippen MR) is 76.6 cm³/mol. The summed E-state index contributed by atoms with van der Waals surface area (Å²) in [5.41, 5.74) is 7.65. The second-order valence-electron chi connectivity index (χ2n) is 4.26. The van der Waals surface area contributed by atoms with Crippen LogP contribution in [0.5, 0.6) is 0 Å². The molecule has 5 heteroatoms. The first kappa shape index (κ1) is 13.5. The lowest BCUT2D eigenvalue weighted by atomic mass is 10.1. The van der Waals surface area contributed by atoms with E-state index in [1.54, 1.807) is 24.3 Å². The van der Waals surface area contributed by atoms with Crippen molar-refractivity contribution in [1.29, 1.82) is 0 Å². The number of nitrogens with two attached hydrogens (primary N) is 1. The van der Waals surface area contributed by atoms with Gasteiger partial charge >= 0.3 is 0 Å². The van der Waals surface area contributed by atoms with E-state index in [0.29, 0.717) is 16.4 Å². The molecule has 1 amide bonds. The number of amides is 1. The van der Waals surface area contributed by atoms with Gasteiger partial charge < -0.3 is 15.5 Å². The fourth-order valence-corrected chi connectivity index (χ4v) is 1.88. The molecule has 0 unspecified atom stereocenters. The summed E-state index contributed by atoms with van der Waals surface area (Å²) in [5, 5.41) is 3.17. The Balaban J connectivity index is 2.21. The molecule has 0 aliphatic carbocycles. The molecule has 0 saturated heterocycles. The molecule has 0 fully saturated rings. The van der Waals surface area contributed by atoms with E-state index in [-0.39, 0.29) is 11.7 Å². The highest BCUT2D eigenvalue weighted by molar-refractivity contribution is 6.33. The molecule has 0 bridgehead atoms. The van der Waals surface area contributed by atoms with E-state index in [9.17, 15) is 4.79 Å². The van der Waals surface area contributed by atoms with Crippen LogP contribution in [0.3, 0.4) is 0 Å². The molecule has 0 atom stereocenters. The summed E-state index contributed by atoms with van der Waals surface area (Å²) in [6.45, 7) is 3.81. The topological polar surface area (TPSA) is 68.3 Å². The molecule has 100 valence electrons. The molecule has 0 spiro atoms. The molecular weight excluding hydrogens is 264 g/mol. The number of carbonyl (C=O) groups is 1. The van der Waals surface area contributed by atoms with Gasteiger partial charge in [-0.25, -0.2) is 0 Å². The van der Waals surface area contributed by atoms with Crippen molar-refractivity contribution in [1.82, 2.24) is 0 Å². The number of furan rings is 1. The SMILES string of the molecule is CCc1ccc(C(=O)Nc2cc(Cl)c(N)cc2C)o1. The fraction of sp³-hybridized carbons (Fsp3) is 0.214. The Hall–Kier alpha value is -1.94. The zero-order valence-electron chi connectivity index (χ0n) is 10.8. The average molecular weight is 279 g/mol. The third kappa shape index (κ3) is 2.90. The first-order valence-electron chi connectivity index (χ1n) is 5.97. The van der Waals surface area contributed by atoms with Gasteiger partial charge in [0.2, 0.25) is 0 Å². The number of nitrogens with one attached hydrogen (secondary N) is 1. The Kier molecular flexibility index (Phi) is 3.81. The van der Waals surface area contributed by atoms with Gasteiger partial charge in [-0.3, -0.25) is 4.79 Å². The maximum atomic E-state index is 12.0. The molecule has 1 aromatic heterocycles. The van der Waals surface area contributed by atoms with Crippen molar-refractivity contribution in [2.75, 3.05) is 11.1 Å². The van der Waals surface area contributed by atoms with Gasteiger partial charge in [0.1, 0.15) is 5.76 Å². The molecule has 2 aromatic rings. The third-order valence-corrected chi connectivity index (χ3v) is 3.15. The van der Waals surface area contributed by atoms with Crippen LogP contribution in [0.2, 0.25) is 5.02 Å². The first-order valence-corrected chi connectivity index (χ1v) is 6.34. The molecule has 1 heterocycles. The number of benzene rings is 1. The Bertz CT molecular complexity index is 620. The van der Waals surface area contributed by atoms with Gasteiger partial charge in [0.15, 0.2) is 5.76 Å². The van der Waals surface area contributed by atoms with Crippen molar-refractivity contribution >= 4 is 28.9 Å². The van der Waals surface area contributed by atoms with Gasteiger partial charge in [-0.2, -0.15) is 0 Å². The number of halogens is 1. The number of anilines is 2. The Morgan fingerprint density at radius 2 is 2.16 bits per heavy atom. The summed E-state index contributed by atoms with van der Waals surface area (Å²) in [6, 6.07) is 6.80. The Labute approximate surface area is 116 Å². The highest BCUT2D eigenvalue weighted by atomic mass is 35.5. The third-order valence-electron chi connectivity index (χ3n) is 2.83. The van der Waals surface area contributed by atoms with Crippen LogP contribution in [0.15, 0.2) is 28.7 Å². The van der Waals surface area contributed by atoms with Gasteiger partial charge in [0.05, 0.1) is 10.7 Å². The number of rotatable bonds is 3. The van der Waals surface area contributed by atoms with E-state index in [1.165, 1.54) is 0 Å². The number of nitrogen functional groups attached to an aromatic ring is 1. The van der Waals surface area contributed by atoms with Crippen molar-refractivity contribution in [2.24, 2.45) is 0 Å². The van der Waals surface area contributed by atoms with Crippen LogP contribution < -0.4 is 11.1 Å². The Morgan fingerprint density at radius 3 is 2.79 bits per heavy atom. The van der Waals surface area contributed by atoms with Crippen LogP contribution >= 0.6 is 11.6 Å². The van der Waals surface area contributed by atoms with Gasteiger partial charge in [0, 0.05) is 12.1 Å². The number of aryl methyl sites for hydroxylation is 2. The quantitative estimate of drug-likeness (QED) is 0.842. The lowest BCUT2D eigenvalue weighted by Gasteiger charge is -2.09. The molecule has 19 heavy (non-hydrogen) atoms. The summed E-state index contributed by atoms with van der Waals surface area (Å²) >= 11 is 5.94. The molecule has 2 rings (SSSR count). The molecular formula is C14H15ClN2O2. The number of hydrogen-bond donors (Lipinski definition) is 2. The van der Waals surface area contributed by atoms with E-state index < -0.39 is 0 Å². The van der Waals surface area contributed by atoms with E-state index in [1.807, 2.05) is 13.8 Å². The monoisotopic (exact) mass is 278 g/mol. The minimum atomic E-state index is -0.302. The summed E-state index contributed by atoms with van der Waals surface area (Å²) in [4.78, 5) is 12.0. The normalized spacial score (nSPS) is 10.5. The summed E-state index contributed by atoms with van der Waals surface area (Å²) < 4.78 is 5.39. The summed E-state index contributed by atoms with van der Waals surface area (Å²) in [7, 11) is 0. The van der Waals surface area contributed by atoms with E-state index in [2.05, 4.69) is 5.32 Å². The van der Waals surface area contributed by atoms with Crippen molar-refractivity contribution in [3.63, 3.8) is 0 Å². The zero-order chi connectivity index (χ0) is 14.0. The maximum absolute atomic E-state index is 12.0. The molecule has 0 aliphatic heterocycles. The van der Waals surface area contributed by atoms with Crippen LogP contribution in [0.4, 0.5) is 11.4 Å². The molecule has 1 aromatic carbocycles. The van der Waals surface area contributed by atoms with Gasteiger partial charge in [0.25, 0.3) is 5.91 Å². The van der Waals surface area contributed by atoms with Crippen LogP contribution in [-0.4, -0.2) is 5.91 Å². The van der Waals surface area contributed by atoms with E-state index >= 15 is 0 Å². The van der Waals surface area contributed by atoms with Gasteiger partial charge in [-0.15, -0.1) is 0 Å². The smallest absolute Gasteiger partial charge is 0.291 e. The second kappa shape index (κ2) is 5.36. The molecule has 0 aliphatic rings.